The van der Waals surface area contributed by atoms with Crippen LogP contribution in [0.15, 0.2) is 24.3 Å². The van der Waals surface area contributed by atoms with Gasteiger partial charge in [-0.15, -0.1) is 0 Å². The van der Waals surface area contributed by atoms with Crippen LogP contribution in [0.2, 0.25) is 0 Å². The molecule has 84 valence electrons. The summed E-state index contributed by atoms with van der Waals surface area (Å²) in [6, 6.07) is 5.40. The van der Waals surface area contributed by atoms with Crippen LogP contribution in [0.5, 0.6) is 5.75 Å². The minimum Gasteiger partial charge on any atom is 1.00 e. The van der Waals surface area contributed by atoms with Gasteiger partial charge in [0.1, 0.15) is 0 Å². The molecule has 0 heterocycles. The van der Waals surface area contributed by atoms with Crippen molar-refractivity contribution in [3.8, 4) is 5.75 Å². The predicted octanol–water partition coefficient (Wildman–Crippen LogP) is -4.62. The fourth-order valence-corrected chi connectivity index (χ4v) is 2.05. The van der Waals surface area contributed by atoms with Crippen molar-refractivity contribution in [2.24, 2.45) is 0 Å². The molecule has 2 N–H and O–H groups in total. The van der Waals surface area contributed by atoms with E-state index in [1.54, 1.807) is 6.92 Å². The molecule has 0 saturated heterocycles. The molecule has 0 fully saturated rings. The second kappa shape index (κ2) is 6.86. The second-order valence-electron chi connectivity index (χ2n) is 3.17. The second-order valence-corrected chi connectivity index (χ2v) is 6.44. The molecule has 1 aromatic rings. The molecule has 5 nitrogen and oxygen atoms in total. The van der Waals surface area contributed by atoms with Crippen LogP contribution in [0.3, 0.4) is 0 Å². The molecule has 1 aromatic carbocycles. The standard InChI is InChI=1S/C9H13AsO5.Na/c1-7(11)6-15-9-4-2-8(3-5-9)10(12,13)14;/h2-5,7,11H,6H2,1H3,(H2,12,13,14);/q;+1/p-1. The van der Waals surface area contributed by atoms with Crippen molar-refractivity contribution in [1.29, 1.82) is 0 Å². The average Bonchev–Trinajstić information content (AvgIpc) is 2.14. The largest absolute Gasteiger partial charge is 1.00 e. The first-order valence-electron chi connectivity index (χ1n) is 4.35. The van der Waals surface area contributed by atoms with E-state index in [1.807, 2.05) is 0 Å². The SMILES string of the molecule is CC(O)COc1ccc([As](=O)([O-])O)cc1.[Na+]. The van der Waals surface area contributed by atoms with Gasteiger partial charge in [-0.1, -0.05) is 0 Å². The molecule has 0 aliphatic carbocycles. The molecule has 0 amide bonds. The monoisotopic (exact) mass is 298 g/mol. The molecule has 2 atom stereocenters. The van der Waals surface area contributed by atoms with E-state index in [2.05, 4.69) is 0 Å². The Bertz CT molecular complexity index is 359. The van der Waals surface area contributed by atoms with E-state index in [1.165, 1.54) is 24.3 Å². The molecule has 0 radical (unpaired) electrons. The number of aliphatic hydroxyl groups is 1. The molecule has 0 aliphatic rings. The first kappa shape index (κ1) is 16.3. The van der Waals surface area contributed by atoms with Crippen LogP contribution in [0, 0.1) is 0 Å². The summed E-state index contributed by atoms with van der Waals surface area (Å²) in [6.45, 7) is 1.72. The molecule has 0 saturated carbocycles. The zero-order chi connectivity index (χ0) is 11.5. The van der Waals surface area contributed by atoms with Crippen molar-refractivity contribution in [3.63, 3.8) is 0 Å². The minimum absolute atomic E-state index is 0. The van der Waals surface area contributed by atoms with Gasteiger partial charge in [-0.2, -0.15) is 0 Å². The molecule has 0 spiro atoms. The Morgan fingerprint density at radius 2 is 1.94 bits per heavy atom. The van der Waals surface area contributed by atoms with Gasteiger partial charge < -0.3 is 0 Å². The molecular formula is C9H12AsNaO5. The number of hydrogen-bond acceptors (Lipinski definition) is 4. The zero-order valence-corrected chi connectivity index (χ0v) is 13.0. The number of ether oxygens (including phenoxy) is 1. The number of aliphatic hydroxyl groups excluding tert-OH is 1. The Morgan fingerprint density at radius 1 is 1.44 bits per heavy atom. The van der Waals surface area contributed by atoms with Gasteiger partial charge in [-0.3, -0.25) is 0 Å². The molecule has 16 heavy (non-hydrogen) atoms. The maximum absolute atomic E-state index is 10.8. The Labute approximate surface area is 119 Å². The van der Waals surface area contributed by atoms with E-state index in [0.29, 0.717) is 5.75 Å². The summed E-state index contributed by atoms with van der Waals surface area (Å²) < 4.78 is 35.3. The van der Waals surface area contributed by atoms with Crippen LogP contribution in [0.4, 0.5) is 0 Å². The third-order valence-corrected chi connectivity index (χ3v) is 3.65. The number of rotatable bonds is 4. The average molecular weight is 298 g/mol. The summed E-state index contributed by atoms with van der Waals surface area (Å²) in [6.07, 6.45) is -0.586. The van der Waals surface area contributed by atoms with Crippen molar-refractivity contribution in [1.82, 2.24) is 0 Å². The Kier molecular flexibility index (Phi) is 6.98. The van der Waals surface area contributed by atoms with E-state index < -0.39 is 20.3 Å². The van der Waals surface area contributed by atoms with Gasteiger partial charge >= 0.3 is 120 Å². The van der Waals surface area contributed by atoms with Crippen LogP contribution < -0.4 is 42.7 Å². The van der Waals surface area contributed by atoms with E-state index >= 15 is 0 Å². The Morgan fingerprint density at radius 3 is 2.31 bits per heavy atom. The van der Waals surface area contributed by atoms with Crippen molar-refractivity contribution in [2.75, 3.05) is 6.61 Å². The number of hydrogen-bond donors (Lipinski definition) is 2. The molecule has 0 aliphatic heterocycles. The first-order chi connectivity index (χ1) is 6.89. The number of benzene rings is 1. The third kappa shape index (κ3) is 5.55. The molecule has 0 aromatic heterocycles. The van der Waals surface area contributed by atoms with Crippen LogP contribution in [0.1, 0.15) is 6.92 Å². The van der Waals surface area contributed by atoms with Crippen LogP contribution in [0.25, 0.3) is 0 Å². The van der Waals surface area contributed by atoms with E-state index in [0.717, 1.165) is 0 Å². The molecule has 7 heteroatoms. The predicted molar refractivity (Wildman–Crippen MR) is 51.9 cm³/mol. The summed E-state index contributed by atoms with van der Waals surface area (Å²) in [7, 11) is 0. The summed E-state index contributed by atoms with van der Waals surface area (Å²) in [4.78, 5) is 0. The van der Waals surface area contributed by atoms with Crippen LogP contribution >= 0.6 is 0 Å². The van der Waals surface area contributed by atoms with Gasteiger partial charge in [0, 0.05) is 0 Å². The third-order valence-electron chi connectivity index (χ3n) is 1.65. The minimum atomic E-state index is -5.03. The maximum Gasteiger partial charge on any atom is 1.00 e. The Hall–Kier alpha value is 0.258. The first-order valence-corrected chi connectivity index (χ1v) is 7.66. The topological polar surface area (TPSA) is 89.8 Å². The van der Waals surface area contributed by atoms with Gasteiger partial charge in [-0.05, 0) is 0 Å². The van der Waals surface area contributed by atoms with Crippen molar-refractivity contribution in [3.05, 3.63) is 24.3 Å². The summed E-state index contributed by atoms with van der Waals surface area (Å²) in [5, 5.41) is 8.94. The fraction of sp³-hybridized carbons (Fsp3) is 0.333. The smallest absolute Gasteiger partial charge is 1.00 e. The fourth-order valence-electron chi connectivity index (χ4n) is 0.948. The van der Waals surface area contributed by atoms with E-state index in [-0.39, 0.29) is 40.5 Å². The van der Waals surface area contributed by atoms with Crippen molar-refractivity contribution >= 4 is 18.5 Å². The van der Waals surface area contributed by atoms with Crippen LogP contribution in [-0.2, 0) is 3.74 Å². The Balaban J connectivity index is 0.00000225. The maximum atomic E-state index is 10.8. The van der Waals surface area contributed by atoms with E-state index in [9.17, 15) is 7.84 Å². The quantitative estimate of drug-likeness (QED) is 0.546. The molecular weight excluding hydrogens is 286 g/mol. The molecule has 1 rings (SSSR count). The van der Waals surface area contributed by atoms with Gasteiger partial charge in [0.05, 0.1) is 0 Å². The van der Waals surface area contributed by atoms with Crippen LogP contribution in [-0.4, -0.2) is 36.1 Å². The summed E-state index contributed by atoms with van der Waals surface area (Å²) >= 11 is -5.03. The summed E-state index contributed by atoms with van der Waals surface area (Å²) in [5.41, 5.74) is 0. The van der Waals surface area contributed by atoms with Crippen molar-refractivity contribution in [2.45, 2.75) is 13.0 Å². The van der Waals surface area contributed by atoms with E-state index in [4.69, 9.17) is 13.9 Å². The molecule has 0 bridgehead atoms. The zero-order valence-electron chi connectivity index (χ0n) is 9.16. The normalized spacial score (nSPS) is 15.8. The van der Waals surface area contributed by atoms with Gasteiger partial charge in [-0.25, -0.2) is 0 Å². The van der Waals surface area contributed by atoms with Gasteiger partial charge in [0.15, 0.2) is 0 Å². The van der Waals surface area contributed by atoms with Gasteiger partial charge in [0.2, 0.25) is 0 Å². The summed E-state index contributed by atoms with van der Waals surface area (Å²) in [5.74, 6) is 0.448. The molecule has 2 unspecified atom stereocenters. The van der Waals surface area contributed by atoms with Crippen molar-refractivity contribution < 1.29 is 51.3 Å². The van der Waals surface area contributed by atoms with Gasteiger partial charge in [0.25, 0.3) is 0 Å².